The van der Waals surface area contributed by atoms with Gasteiger partial charge in [0.25, 0.3) is 11.5 Å². The van der Waals surface area contributed by atoms with E-state index in [2.05, 4.69) is 17.2 Å². The Morgan fingerprint density at radius 2 is 2.30 bits per heavy atom. The summed E-state index contributed by atoms with van der Waals surface area (Å²) in [6, 6.07) is 0. The lowest BCUT2D eigenvalue weighted by molar-refractivity contribution is 0.0695. The van der Waals surface area contributed by atoms with Gasteiger partial charge in [0.2, 0.25) is 0 Å². The van der Waals surface area contributed by atoms with Gasteiger partial charge in [-0.05, 0) is 18.8 Å². The Bertz CT molecular complexity index is 606. The number of aliphatic hydroxyl groups excluding tert-OH is 1. The topological polar surface area (TPSA) is 115 Å². The monoisotopic (exact) mass is 281 g/mol. The summed E-state index contributed by atoms with van der Waals surface area (Å²) in [6.45, 7) is 1.91. The van der Waals surface area contributed by atoms with E-state index in [1.54, 1.807) is 0 Å². The highest BCUT2D eigenvalue weighted by Crippen LogP contribution is 2.32. The van der Waals surface area contributed by atoms with Gasteiger partial charge in [0, 0.05) is 6.20 Å². The fourth-order valence-corrected chi connectivity index (χ4v) is 2.84. The smallest absolute Gasteiger partial charge is 0.325 e. The highest BCUT2D eigenvalue weighted by atomic mass is 16.3. The van der Waals surface area contributed by atoms with Crippen LogP contribution in [0.3, 0.4) is 0 Å². The van der Waals surface area contributed by atoms with Crippen LogP contribution in [-0.4, -0.2) is 33.1 Å². The van der Waals surface area contributed by atoms with E-state index < -0.39 is 22.7 Å². The van der Waals surface area contributed by atoms with Crippen molar-refractivity contribution in [2.24, 2.45) is 5.92 Å². The molecule has 1 fully saturated rings. The summed E-state index contributed by atoms with van der Waals surface area (Å²) in [5.41, 5.74) is -2.23. The van der Waals surface area contributed by atoms with Crippen LogP contribution in [0.1, 0.15) is 43.0 Å². The lowest BCUT2D eigenvalue weighted by Crippen LogP contribution is -2.54. The van der Waals surface area contributed by atoms with Crippen LogP contribution < -0.4 is 16.6 Å². The van der Waals surface area contributed by atoms with Gasteiger partial charge in [0.05, 0.1) is 12.1 Å². The first-order chi connectivity index (χ1) is 9.46. The quantitative estimate of drug-likeness (QED) is 0.610. The maximum absolute atomic E-state index is 12.2. The fraction of sp³-hybridized carbons (Fsp3) is 0.615. The molecule has 1 saturated carbocycles. The van der Waals surface area contributed by atoms with E-state index in [9.17, 15) is 19.5 Å². The van der Waals surface area contributed by atoms with E-state index in [4.69, 9.17) is 0 Å². The maximum Gasteiger partial charge on any atom is 0.325 e. The van der Waals surface area contributed by atoms with Crippen LogP contribution in [0.5, 0.6) is 0 Å². The molecule has 1 aromatic heterocycles. The van der Waals surface area contributed by atoms with Crippen molar-refractivity contribution in [2.45, 2.75) is 38.1 Å². The van der Waals surface area contributed by atoms with Crippen LogP contribution in [0.25, 0.3) is 0 Å². The molecule has 0 aromatic carbocycles. The Hall–Kier alpha value is -1.89. The van der Waals surface area contributed by atoms with Gasteiger partial charge in [-0.2, -0.15) is 0 Å². The SMILES string of the molecule is CC1CCCC(CO)(NC(=O)c2c[nH]c(=O)[nH]c2=O)C1. The van der Waals surface area contributed by atoms with Crippen molar-refractivity contribution >= 4 is 5.91 Å². The number of aromatic amines is 2. The van der Waals surface area contributed by atoms with Crippen LogP contribution in [0.4, 0.5) is 0 Å². The number of amides is 1. The number of carbonyl (C=O) groups is 1. The zero-order valence-corrected chi connectivity index (χ0v) is 11.4. The Morgan fingerprint density at radius 3 is 2.90 bits per heavy atom. The number of aromatic nitrogens is 2. The number of hydrogen-bond acceptors (Lipinski definition) is 4. The first kappa shape index (κ1) is 14.5. The van der Waals surface area contributed by atoms with E-state index >= 15 is 0 Å². The molecule has 1 heterocycles. The normalized spacial score (nSPS) is 26.2. The minimum absolute atomic E-state index is 0.157. The predicted octanol–water partition coefficient (Wildman–Crippen LogP) is -0.266. The second kappa shape index (κ2) is 5.62. The molecule has 1 amide bonds. The molecule has 4 N–H and O–H groups in total. The second-order valence-electron chi connectivity index (χ2n) is 5.58. The molecule has 2 atom stereocenters. The maximum atomic E-state index is 12.2. The summed E-state index contributed by atoms with van der Waals surface area (Å²) < 4.78 is 0. The van der Waals surface area contributed by atoms with E-state index in [1.165, 1.54) is 0 Å². The molecule has 7 nitrogen and oxygen atoms in total. The molecule has 20 heavy (non-hydrogen) atoms. The molecule has 0 radical (unpaired) electrons. The third kappa shape index (κ3) is 2.98. The number of hydrogen-bond donors (Lipinski definition) is 4. The van der Waals surface area contributed by atoms with Gasteiger partial charge >= 0.3 is 5.69 Å². The second-order valence-corrected chi connectivity index (χ2v) is 5.58. The molecule has 0 saturated heterocycles. The largest absolute Gasteiger partial charge is 0.394 e. The van der Waals surface area contributed by atoms with Crippen molar-refractivity contribution in [2.75, 3.05) is 6.61 Å². The highest BCUT2D eigenvalue weighted by molar-refractivity contribution is 5.94. The van der Waals surface area contributed by atoms with Crippen LogP contribution in [0.15, 0.2) is 15.8 Å². The average molecular weight is 281 g/mol. The summed E-state index contributed by atoms with van der Waals surface area (Å²) in [6.07, 6.45) is 4.44. The van der Waals surface area contributed by atoms with Crippen molar-refractivity contribution in [3.8, 4) is 0 Å². The van der Waals surface area contributed by atoms with Crippen molar-refractivity contribution in [3.63, 3.8) is 0 Å². The number of nitrogens with one attached hydrogen (secondary N) is 3. The van der Waals surface area contributed by atoms with Gasteiger partial charge < -0.3 is 15.4 Å². The summed E-state index contributed by atoms with van der Waals surface area (Å²) in [7, 11) is 0. The van der Waals surface area contributed by atoms with Gasteiger partial charge in [0.15, 0.2) is 0 Å². The van der Waals surface area contributed by atoms with E-state index in [1.807, 2.05) is 4.98 Å². The van der Waals surface area contributed by atoms with Gasteiger partial charge in [-0.25, -0.2) is 4.79 Å². The molecule has 1 aromatic rings. The molecule has 7 heteroatoms. The molecule has 0 spiro atoms. The number of carbonyl (C=O) groups excluding carboxylic acids is 1. The summed E-state index contributed by atoms with van der Waals surface area (Å²) >= 11 is 0. The standard InChI is InChI=1S/C13H19N3O4/c1-8-3-2-4-13(5-8,7-17)16-11(19)9-6-14-12(20)15-10(9)18/h6,8,17H,2-5,7H2,1H3,(H,16,19)(H2,14,15,18,20). The number of rotatable bonds is 3. The minimum atomic E-state index is -0.733. The van der Waals surface area contributed by atoms with Crippen molar-refractivity contribution in [1.29, 1.82) is 0 Å². The molecule has 1 aliphatic rings. The van der Waals surface area contributed by atoms with Gasteiger partial charge in [0.1, 0.15) is 5.56 Å². The van der Waals surface area contributed by atoms with Gasteiger partial charge in [-0.1, -0.05) is 19.8 Å². The number of H-pyrrole nitrogens is 2. The first-order valence-corrected chi connectivity index (χ1v) is 6.71. The van der Waals surface area contributed by atoms with Crippen molar-refractivity contribution < 1.29 is 9.90 Å². The van der Waals surface area contributed by atoms with Gasteiger partial charge in [-0.15, -0.1) is 0 Å². The lowest BCUT2D eigenvalue weighted by Gasteiger charge is -2.39. The van der Waals surface area contributed by atoms with Crippen LogP contribution in [0.2, 0.25) is 0 Å². The van der Waals surface area contributed by atoms with Crippen molar-refractivity contribution in [3.05, 3.63) is 32.6 Å². The molecule has 2 unspecified atom stereocenters. The Morgan fingerprint density at radius 1 is 1.55 bits per heavy atom. The van der Waals surface area contributed by atoms with E-state index in [-0.39, 0.29) is 12.2 Å². The van der Waals surface area contributed by atoms with Crippen LogP contribution >= 0.6 is 0 Å². The van der Waals surface area contributed by atoms with E-state index in [0.29, 0.717) is 18.8 Å². The fourth-order valence-electron chi connectivity index (χ4n) is 2.84. The van der Waals surface area contributed by atoms with Crippen LogP contribution in [0, 0.1) is 5.92 Å². The zero-order chi connectivity index (χ0) is 14.8. The highest BCUT2D eigenvalue weighted by Gasteiger charge is 2.36. The Labute approximate surface area is 115 Å². The summed E-state index contributed by atoms with van der Waals surface area (Å²) in [5, 5.41) is 12.4. The third-order valence-electron chi connectivity index (χ3n) is 3.84. The van der Waals surface area contributed by atoms with Gasteiger partial charge in [-0.3, -0.25) is 14.6 Å². The number of aliphatic hydroxyl groups is 1. The molecule has 2 rings (SSSR count). The van der Waals surface area contributed by atoms with Crippen LogP contribution in [-0.2, 0) is 0 Å². The third-order valence-corrected chi connectivity index (χ3v) is 3.84. The molecule has 0 aliphatic heterocycles. The summed E-state index contributed by atoms with van der Waals surface area (Å²) in [5.74, 6) is -0.171. The molecular formula is C13H19N3O4. The molecule has 0 bridgehead atoms. The first-order valence-electron chi connectivity index (χ1n) is 6.71. The van der Waals surface area contributed by atoms with Crippen molar-refractivity contribution in [1.82, 2.24) is 15.3 Å². The lowest BCUT2D eigenvalue weighted by atomic mass is 9.76. The van der Waals surface area contributed by atoms with E-state index in [0.717, 1.165) is 19.0 Å². The Balaban J connectivity index is 2.21. The molecule has 1 aliphatic carbocycles. The minimum Gasteiger partial charge on any atom is -0.394 e. The average Bonchev–Trinajstić information content (AvgIpc) is 2.38. The molecule has 110 valence electrons. The molecular weight excluding hydrogens is 262 g/mol. The Kier molecular flexibility index (Phi) is 4.08. The zero-order valence-electron chi connectivity index (χ0n) is 11.4. The predicted molar refractivity (Wildman–Crippen MR) is 72.6 cm³/mol. The summed E-state index contributed by atoms with van der Waals surface area (Å²) in [4.78, 5) is 38.9.